The third-order valence-corrected chi connectivity index (χ3v) is 7.80. The van der Waals surface area contributed by atoms with Crippen molar-refractivity contribution in [3.05, 3.63) is 65.6 Å². The number of halogens is 1. The third kappa shape index (κ3) is 5.04. The predicted molar refractivity (Wildman–Crippen MR) is 137 cm³/mol. The van der Waals surface area contributed by atoms with Gasteiger partial charge in [-0.15, -0.1) is 0 Å². The number of piperidine rings is 1. The maximum absolute atomic E-state index is 13.6. The van der Waals surface area contributed by atoms with Crippen molar-refractivity contribution in [2.75, 3.05) is 20.3 Å². The van der Waals surface area contributed by atoms with E-state index in [1.807, 2.05) is 0 Å². The van der Waals surface area contributed by atoms with Crippen LogP contribution in [0.2, 0.25) is 0 Å². The fourth-order valence-corrected chi connectivity index (χ4v) is 5.98. The number of fused-ring (bicyclic) bond motifs is 3. The number of hydrogen-bond donors (Lipinski definition) is 0. The molecule has 2 fully saturated rings. The van der Waals surface area contributed by atoms with E-state index < -0.39 is 24.0 Å². The summed E-state index contributed by atoms with van der Waals surface area (Å²) in [4.78, 5) is 38.5. The number of ketones is 1. The highest BCUT2D eigenvalue weighted by molar-refractivity contribution is 6.03. The molecule has 3 aliphatic rings. The lowest BCUT2D eigenvalue weighted by molar-refractivity contribution is -0.169. The van der Waals surface area contributed by atoms with Gasteiger partial charge in [0.05, 0.1) is 12.8 Å². The van der Waals surface area contributed by atoms with Gasteiger partial charge in [0.1, 0.15) is 12.4 Å². The Labute approximate surface area is 228 Å². The summed E-state index contributed by atoms with van der Waals surface area (Å²) in [6, 6.07) is 9.91. The molecule has 1 aromatic heterocycles. The summed E-state index contributed by atoms with van der Waals surface area (Å²) in [5.74, 6) is -1.69. The zero-order valence-corrected chi connectivity index (χ0v) is 21.7. The lowest BCUT2D eigenvalue weighted by Crippen LogP contribution is -2.44. The van der Waals surface area contributed by atoms with Crippen LogP contribution in [-0.4, -0.2) is 66.4 Å². The average Bonchev–Trinajstić information content (AvgIpc) is 3.40. The minimum atomic E-state index is -1.68. The number of nitrogens with zero attached hydrogens (tertiary/aromatic N) is 2. The largest absolute Gasteiger partial charge is 0.493 e. The van der Waals surface area contributed by atoms with Gasteiger partial charge in [-0.3, -0.25) is 9.69 Å². The second kappa shape index (κ2) is 10.7. The Hall–Kier alpha value is -4.25. The van der Waals surface area contributed by atoms with Crippen molar-refractivity contribution in [1.82, 2.24) is 10.1 Å². The first-order chi connectivity index (χ1) is 19.4. The Morgan fingerprint density at radius 3 is 2.45 bits per heavy atom. The van der Waals surface area contributed by atoms with Gasteiger partial charge >= 0.3 is 18.2 Å². The highest BCUT2D eigenvalue weighted by Crippen LogP contribution is 2.44. The fraction of sp³-hybridized carbons (Fsp3) is 0.379. The number of carbonyl (C=O) groups is 3. The number of benzene rings is 2. The molecule has 3 aliphatic heterocycles. The van der Waals surface area contributed by atoms with Crippen LogP contribution in [0.3, 0.4) is 0 Å². The quantitative estimate of drug-likeness (QED) is 0.302. The van der Waals surface area contributed by atoms with Crippen molar-refractivity contribution in [2.45, 2.75) is 50.0 Å². The number of rotatable bonds is 8. The van der Waals surface area contributed by atoms with Crippen LogP contribution in [0.4, 0.5) is 4.39 Å². The lowest BCUT2D eigenvalue weighted by atomic mass is 9.87. The lowest BCUT2D eigenvalue weighted by Gasteiger charge is -2.38. The monoisotopic (exact) mass is 550 g/mol. The van der Waals surface area contributed by atoms with E-state index in [1.54, 1.807) is 12.1 Å². The smallest absolute Gasteiger partial charge is 0.334 e. The third-order valence-electron chi connectivity index (χ3n) is 7.80. The summed E-state index contributed by atoms with van der Waals surface area (Å²) in [7, 11) is 1.46. The molecule has 0 amide bonds. The van der Waals surface area contributed by atoms with Gasteiger partial charge in [0.15, 0.2) is 17.1 Å². The van der Waals surface area contributed by atoms with Crippen molar-refractivity contribution in [3.8, 4) is 11.5 Å². The molecule has 2 saturated heterocycles. The first kappa shape index (κ1) is 26.0. The van der Waals surface area contributed by atoms with Crippen LogP contribution in [-0.2, 0) is 19.1 Å². The van der Waals surface area contributed by atoms with Gasteiger partial charge in [0.25, 0.3) is 0 Å². The van der Waals surface area contributed by atoms with Crippen molar-refractivity contribution in [2.24, 2.45) is 0 Å². The molecule has 2 bridgehead atoms. The predicted octanol–water partition coefficient (Wildman–Crippen LogP) is 3.93. The van der Waals surface area contributed by atoms with Gasteiger partial charge < -0.3 is 23.5 Å². The molecule has 0 saturated carbocycles. The molecule has 2 atom stereocenters. The summed E-state index contributed by atoms with van der Waals surface area (Å²) in [6.07, 6.45) is 4.21. The number of carbonyl (C=O) groups excluding carboxylic acids is 3. The van der Waals surface area contributed by atoms with Crippen LogP contribution in [0, 0.1) is 5.82 Å². The number of hydrogen-bond acceptors (Lipinski definition) is 10. The first-order valence-electron chi connectivity index (χ1n) is 13.1. The van der Waals surface area contributed by atoms with E-state index in [0.29, 0.717) is 35.8 Å². The van der Waals surface area contributed by atoms with Crippen LogP contribution in [0.1, 0.15) is 47.7 Å². The molecule has 2 unspecified atom stereocenters. The molecule has 4 heterocycles. The van der Waals surface area contributed by atoms with Gasteiger partial charge in [-0.2, -0.15) is 0 Å². The molecule has 10 nitrogen and oxygen atoms in total. The standard InChI is InChI=1S/C29H27FN2O8/c1-36-24-14-16(28(35)29-38-25(33)8-9-26(34)39-29)2-7-22(24)37-11-10-32-19-4-5-20(32)13-17(12-19)27-21-6-3-18(30)15-23(21)40-31-27/h2-3,6-9,14-15,17,19-20,29H,4-5,10-13H2,1H3. The molecule has 3 aromatic rings. The Bertz CT molecular complexity index is 1470. The summed E-state index contributed by atoms with van der Waals surface area (Å²) >= 11 is 0. The van der Waals surface area contributed by atoms with Crippen LogP contribution in [0.5, 0.6) is 11.5 Å². The minimum absolute atomic E-state index is 0.139. The Balaban J connectivity index is 1.07. The normalized spacial score (nSPS) is 23.1. The van der Waals surface area contributed by atoms with E-state index >= 15 is 0 Å². The van der Waals surface area contributed by atoms with Crippen LogP contribution >= 0.6 is 0 Å². The van der Waals surface area contributed by atoms with Crippen molar-refractivity contribution < 1.29 is 42.2 Å². The van der Waals surface area contributed by atoms with E-state index in [1.165, 1.54) is 31.4 Å². The van der Waals surface area contributed by atoms with E-state index in [4.69, 9.17) is 23.5 Å². The number of Topliss-reactive ketones (excluding diaryl/α,β-unsaturated/α-hetero) is 1. The summed E-state index contributed by atoms with van der Waals surface area (Å²) in [6.45, 7) is 1.13. The molecule has 11 heteroatoms. The second-order valence-corrected chi connectivity index (χ2v) is 10.1. The van der Waals surface area contributed by atoms with E-state index in [0.717, 1.165) is 55.5 Å². The van der Waals surface area contributed by atoms with E-state index in [2.05, 4.69) is 10.1 Å². The fourth-order valence-electron chi connectivity index (χ4n) is 5.98. The van der Waals surface area contributed by atoms with Gasteiger partial charge in [-0.05, 0) is 56.0 Å². The van der Waals surface area contributed by atoms with Crippen LogP contribution in [0.25, 0.3) is 11.0 Å². The topological polar surface area (TPSA) is 117 Å². The van der Waals surface area contributed by atoms with Crippen molar-refractivity contribution >= 4 is 28.7 Å². The molecule has 6 rings (SSSR count). The van der Waals surface area contributed by atoms with Gasteiger partial charge in [0, 0.05) is 53.7 Å². The zero-order valence-electron chi connectivity index (χ0n) is 21.7. The van der Waals surface area contributed by atoms with Gasteiger partial charge in [-0.25, -0.2) is 14.0 Å². The highest BCUT2D eigenvalue weighted by atomic mass is 19.1. The molecular formula is C29H27FN2O8. The van der Waals surface area contributed by atoms with E-state index in [-0.39, 0.29) is 17.3 Å². The van der Waals surface area contributed by atoms with Crippen LogP contribution < -0.4 is 9.47 Å². The van der Waals surface area contributed by atoms with Crippen molar-refractivity contribution in [1.29, 1.82) is 0 Å². The Morgan fingerprint density at radius 2 is 1.75 bits per heavy atom. The molecule has 40 heavy (non-hydrogen) atoms. The van der Waals surface area contributed by atoms with Gasteiger partial charge in [0.2, 0.25) is 5.78 Å². The second-order valence-electron chi connectivity index (χ2n) is 10.1. The number of methoxy groups -OCH3 is 1. The molecule has 208 valence electrons. The summed E-state index contributed by atoms with van der Waals surface area (Å²) < 4.78 is 40.2. The summed E-state index contributed by atoms with van der Waals surface area (Å²) in [5, 5.41) is 5.17. The van der Waals surface area contributed by atoms with Crippen LogP contribution in [0.15, 0.2) is 53.1 Å². The molecular weight excluding hydrogens is 523 g/mol. The Kier molecular flexibility index (Phi) is 6.97. The van der Waals surface area contributed by atoms with Gasteiger partial charge in [-0.1, -0.05) is 5.16 Å². The molecule has 0 radical (unpaired) electrons. The molecule has 0 aliphatic carbocycles. The maximum atomic E-state index is 13.6. The summed E-state index contributed by atoms with van der Waals surface area (Å²) in [5.41, 5.74) is 1.53. The maximum Gasteiger partial charge on any atom is 0.334 e. The minimum Gasteiger partial charge on any atom is -0.493 e. The van der Waals surface area contributed by atoms with E-state index in [9.17, 15) is 18.8 Å². The Morgan fingerprint density at radius 1 is 1.02 bits per heavy atom. The number of aromatic nitrogens is 1. The number of ether oxygens (including phenoxy) is 4. The SMILES string of the molecule is COc1cc(C(=O)C2OC(=O)C=CC(=O)O2)ccc1OCCN1C2CCC1CC(c1noc3cc(F)ccc13)C2. The zero-order chi connectivity index (χ0) is 27.8. The highest BCUT2D eigenvalue weighted by Gasteiger charge is 2.42. The molecule has 0 N–H and O–H groups in total. The molecule has 0 spiro atoms. The molecule has 2 aromatic carbocycles. The number of cyclic esters (lactones) is 2. The van der Waals surface area contributed by atoms with Crippen molar-refractivity contribution in [3.63, 3.8) is 0 Å². The number of esters is 2. The first-order valence-corrected chi connectivity index (χ1v) is 13.1. The average molecular weight is 551 g/mol.